The lowest BCUT2D eigenvalue weighted by Crippen LogP contribution is -2.43. The minimum Gasteiger partial charge on any atom is -0.461 e. The zero-order chi connectivity index (χ0) is 16.9. The summed E-state index contributed by atoms with van der Waals surface area (Å²) in [5, 5.41) is 0. The van der Waals surface area contributed by atoms with Crippen molar-refractivity contribution < 1.29 is 14.0 Å². The molecule has 6 heteroatoms. The number of Topliss-reactive ketones (excluding diaryl/α,β-unsaturated/α-hetero) is 1. The zero-order valence-corrected chi connectivity index (χ0v) is 14.0. The van der Waals surface area contributed by atoms with Gasteiger partial charge in [-0.3, -0.25) is 9.59 Å². The molecule has 2 aromatic heterocycles. The number of nitrogens with zero attached hydrogens (tertiary/aromatic N) is 3. The number of ketones is 1. The standard InChI is InChI=1S/C18H23N3O3/c1-2-3-9-20-11-8-19-17(20)14-6-4-10-21(13-14)18(23)16(22)15-7-5-12-24-15/h5,7-8,11-12,14H,2-4,6,9-10,13H2,1H3/t14-/m0/s1. The third kappa shape index (κ3) is 3.42. The van der Waals surface area contributed by atoms with Gasteiger partial charge in [0.1, 0.15) is 5.82 Å². The highest BCUT2D eigenvalue weighted by atomic mass is 16.3. The van der Waals surface area contributed by atoms with Crippen LogP contribution in [0, 0.1) is 0 Å². The summed E-state index contributed by atoms with van der Waals surface area (Å²) in [4.78, 5) is 30.8. The Hall–Kier alpha value is -2.37. The number of furan rings is 1. The Kier molecular flexibility index (Phi) is 5.13. The maximum atomic E-state index is 12.5. The number of piperidine rings is 1. The summed E-state index contributed by atoms with van der Waals surface area (Å²) >= 11 is 0. The van der Waals surface area contributed by atoms with Crippen LogP contribution >= 0.6 is 0 Å². The maximum Gasteiger partial charge on any atom is 0.298 e. The smallest absolute Gasteiger partial charge is 0.298 e. The molecule has 0 radical (unpaired) electrons. The molecule has 1 amide bonds. The first kappa shape index (κ1) is 16.5. The Morgan fingerprint density at radius 3 is 3.04 bits per heavy atom. The van der Waals surface area contributed by atoms with Gasteiger partial charge in [0.25, 0.3) is 11.7 Å². The van der Waals surface area contributed by atoms with Gasteiger partial charge in [0.05, 0.1) is 6.26 Å². The molecule has 128 valence electrons. The summed E-state index contributed by atoms with van der Waals surface area (Å²) in [6, 6.07) is 3.14. The predicted molar refractivity (Wildman–Crippen MR) is 88.7 cm³/mol. The molecule has 2 aromatic rings. The van der Waals surface area contributed by atoms with Gasteiger partial charge in [0, 0.05) is 37.9 Å². The lowest BCUT2D eigenvalue weighted by molar-refractivity contribution is -0.127. The van der Waals surface area contributed by atoms with E-state index in [1.54, 1.807) is 11.0 Å². The molecule has 1 aliphatic heterocycles. The van der Waals surface area contributed by atoms with Crippen molar-refractivity contribution in [2.24, 2.45) is 0 Å². The molecule has 0 unspecified atom stereocenters. The van der Waals surface area contributed by atoms with E-state index >= 15 is 0 Å². The molecule has 1 fully saturated rings. The zero-order valence-electron chi connectivity index (χ0n) is 14.0. The fourth-order valence-electron chi connectivity index (χ4n) is 3.23. The minimum atomic E-state index is -0.574. The summed E-state index contributed by atoms with van der Waals surface area (Å²) in [5.74, 6) is 0.244. The average molecular weight is 329 g/mol. The second-order valence-corrected chi connectivity index (χ2v) is 6.23. The second kappa shape index (κ2) is 7.47. The molecule has 1 atom stereocenters. The predicted octanol–water partition coefficient (Wildman–Crippen LogP) is 2.87. The van der Waals surface area contributed by atoms with E-state index in [0.717, 1.165) is 38.1 Å². The number of carbonyl (C=O) groups excluding carboxylic acids is 2. The van der Waals surface area contributed by atoms with Crippen molar-refractivity contribution in [3.63, 3.8) is 0 Å². The van der Waals surface area contributed by atoms with Crippen LogP contribution < -0.4 is 0 Å². The topological polar surface area (TPSA) is 68.3 Å². The van der Waals surface area contributed by atoms with Crippen molar-refractivity contribution in [2.75, 3.05) is 13.1 Å². The number of amides is 1. The van der Waals surface area contributed by atoms with Crippen molar-refractivity contribution in [1.29, 1.82) is 0 Å². The first-order valence-corrected chi connectivity index (χ1v) is 8.58. The lowest BCUT2D eigenvalue weighted by Gasteiger charge is -2.32. The van der Waals surface area contributed by atoms with Crippen LogP contribution in [0.1, 0.15) is 54.9 Å². The van der Waals surface area contributed by atoms with Gasteiger partial charge in [0.2, 0.25) is 0 Å². The van der Waals surface area contributed by atoms with E-state index in [9.17, 15) is 9.59 Å². The van der Waals surface area contributed by atoms with Crippen molar-refractivity contribution in [3.8, 4) is 0 Å². The number of rotatable bonds is 6. The molecule has 6 nitrogen and oxygen atoms in total. The fraction of sp³-hybridized carbons (Fsp3) is 0.500. The van der Waals surface area contributed by atoms with Crippen molar-refractivity contribution in [2.45, 2.75) is 45.1 Å². The van der Waals surface area contributed by atoms with Crippen LogP contribution in [0.25, 0.3) is 0 Å². The van der Waals surface area contributed by atoms with Gasteiger partial charge >= 0.3 is 0 Å². The molecule has 1 aliphatic rings. The first-order chi connectivity index (χ1) is 11.7. The molecule has 0 N–H and O–H groups in total. The van der Waals surface area contributed by atoms with Crippen LogP contribution in [-0.2, 0) is 11.3 Å². The molecule has 3 rings (SSSR count). The Balaban J connectivity index is 1.69. The fourth-order valence-corrected chi connectivity index (χ4v) is 3.23. The van der Waals surface area contributed by atoms with Gasteiger partial charge in [-0.1, -0.05) is 13.3 Å². The third-order valence-electron chi connectivity index (χ3n) is 4.51. The Morgan fingerprint density at radius 2 is 2.29 bits per heavy atom. The first-order valence-electron chi connectivity index (χ1n) is 8.58. The van der Waals surface area contributed by atoms with E-state index < -0.39 is 11.7 Å². The van der Waals surface area contributed by atoms with Crippen LogP contribution in [0.5, 0.6) is 0 Å². The summed E-state index contributed by atoms with van der Waals surface area (Å²) < 4.78 is 7.23. The molecule has 0 saturated carbocycles. The Morgan fingerprint density at radius 1 is 1.42 bits per heavy atom. The van der Waals surface area contributed by atoms with E-state index in [0.29, 0.717) is 13.1 Å². The highest BCUT2D eigenvalue weighted by molar-refractivity contribution is 6.41. The molecule has 0 aliphatic carbocycles. The van der Waals surface area contributed by atoms with Crippen LogP contribution in [-0.4, -0.2) is 39.2 Å². The van der Waals surface area contributed by atoms with E-state index in [4.69, 9.17) is 4.42 Å². The molecular weight excluding hydrogens is 306 g/mol. The monoisotopic (exact) mass is 329 g/mol. The summed E-state index contributed by atoms with van der Waals surface area (Å²) in [6.45, 7) is 4.26. The van der Waals surface area contributed by atoms with E-state index in [1.807, 2.05) is 12.4 Å². The number of unbranched alkanes of at least 4 members (excludes halogenated alkanes) is 1. The number of carbonyl (C=O) groups is 2. The number of imidazole rings is 1. The second-order valence-electron chi connectivity index (χ2n) is 6.23. The summed E-state index contributed by atoms with van der Waals surface area (Å²) in [6.07, 6.45) is 9.33. The lowest BCUT2D eigenvalue weighted by atomic mass is 9.96. The van der Waals surface area contributed by atoms with Gasteiger partial charge in [0.15, 0.2) is 5.76 Å². The number of hydrogen-bond donors (Lipinski definition) is 0. The molecule has 24 heavy (non-hydrogen) atoms. The number of hydrogen-bond acceptors (Lipinski definition) is 4. The largest absolute Gasteiger partial charge is 0.461 e. The van der Waals surface area contributed by atoms with Crippen LogP contribution in [0.4, 0.5) is 0 Å². The van der Waals surface area contributed by atoms with Gasteiger partial charge < -0.3 is 13.9 Å². The maximum absolute atomic E-state index is 12.5. The van der Waals surface area contributed by atoms with E-state index in [2.05, 4.69) is 16.5 Å². The average Bonchev–Trinajstić information content (AvgIpc) is 3.30. The SMILES string of the molecule is CCCCn1ccnc1[C@H]1CCCN(C(=O)C(=O)c2ccco2)C1. The van der Waals surface area contributed by atoms with E-state index in [1.165, 1.54) is 12.3 Å². The molecule has 0 spiro atoms. The van der Waals surface area contributed by atoms with Crippen molar-refractivity contribution in [3.05, 3.63) is 42.4 Å². The van der Waals surface area contributed by atoms with Gasteiger partial charge in [-0.2, -0.15) is 0 Å². The van der Waals surface area contributed by atoms with Gasteiger partial charge in [-0.25, -0.2) is 4.98 Å². The highest BCUT2D eigenvalue weighted by Gasteiger charge is 2.31. The Labute approximate surface area is 141 Å². The Bertz CT molecular complexity index is 690. The normalized spacial score (nSPS) is 17.9. The third-order valence-corrected chi connectivity index (χ3v) is 4.51. The number of likely N-dealkylation sites (tertiary alicyclic amines) is 1. The van der Waals surface area contributed by atoms with E-state index in [-0.39, 0.29) is 11.7 Å². The van der Waals surface area contributed by atoms with Gasteiger partial charge in [-0.15, -0.1) is 0 Å². The molecule has 0 bridgehead atoms. The molecular formula is C18H23N3O3. The number of aromatic nitrogens is 2. The van der Waals surface area contributed by atoms with Crippen molar-refractivity contribution >= 4 is 11.7 Å². The van der Waals surface area contributed by atoms with Gasteiger partial charge in [-0.05, 0) is 31.4 Å². The molecule has 3 heterocycles. The van der Waals surface area contributed by atoms with Crippen LogP contribution in [0.15, 0.2) is 35.2 Å². The molecule has 0 aromatic carbocycles. The quantitative estimate of drug-likeness (QED) is 0.604. The summed E-state index contributed by atoms with van der Waals surface area (Å²) in [7, 11) is 0. The number of aryl methyl sites for hydroxylation is 1. The minimum absolute atomic E-state index is 0.103. The summed E-state index contributed by atoms with van der Waals surface area (Å²) in [5.41, 5.74) is 0. The molecule has 1 saturated heterocycles. The van der Waals surface area contributed by atoms with Crippen molar-refractivity contribution in [1.82, 2.24) is 14.5 Å². The van der Waals surface area contributed by atoms with Crippen LogP contribution in [0.3, 0.4) is 0 Å². The van der Waals surface area contributed by atoms with Crippen LogP contribution in [0.2, 0.25) is 0 Å². The highest BCUT2D eigenvalue weighted by Crippen LogP contribution is 2.26.